The lowest BCUT2D eigenvalue weighted by Gasteiger charge is -2.29. The summed E-state index contributed by atoms with van der Waals surface area (Å²) in [5, 5.41) is 9.57. The largest absolute Gasteiger partial charge is 0.481 e. The summed E-state index contributed by atoms with van der Waals surface area (Å²) in [6.07, 6.45) is -3.85. The molecule has 2 unspecified atom stereocenters. The molecule has 0 aliphatic carbocycles. The van der Waals surface area contributed by atoms with E-state index >= 15 is 0 Å². The molecule has 0 saturated carbocycles. The molecule has 26 heavy (non-hydrogen) atoms. The van der Waals surface area contributed by atoms with E-state index < -0.39 is 29.0 Å². The number of hydrogen-bond donors (Lipinski definition) is 1. The van der Waals surface area contributed by atoms with E-state index in [0.29, 0.717) is 18.5 Å². The Labute approximate surface area is 151 Å². The predicted octanol–water partition coefficient (Wildman–Crippen LogP) is 3.84. The molecule has 1 saturated heterocycles. The first kappa shape index (κ1) is 20.3. The van der Waals surface area contributed by atoms with Crippen molar-refractivity contribution < 1.29 is 27.9 Å². The molecule has 2 atom stereocenters. The summed E-state index contributed by atoms with van der Waals surface area (Å²) in [4.78, 5) is 25.9. The highest BCUT2D eigenvalue weighted by Gasteiger charge is 2.48. The molecule has 1 fully saturated rings. The minimum absolute atomic E-state index is 0.114. The summed E-state index contributed by atoms with van der Waals surface area (Å²) in [6, 6.07) is 4.96. The summed E-state index contributed by atoms with van der Waals surface area (Å²) in [7, 11) is 0. The standard InChI is InChI=1S/C19H24F3NO3/c1-12(2)18(17(25)26)7-8-23(11-18)16(24)13(3)9-14-5-4-6-15(10-14)19(20,21)22/h4-6,10,12-13H,7-9,11H2,1-3H3,(H,25,26). The normalized spacial score (nSPS) is 21.9. The smallest absolute Gasteiger partial charge is 0.416 e. The molecule has 1 amide bonds. The predicted molar refractivity (Wildman–Crippen MR) is 90.4 cm³/mol. The van der Waals surface area contributed by atoms with E-state index in [0.717, 1.165) is 12.1 Å². The summed E-state index contributed by atoms with van der Waals surface area (Å²) >= 11 is 0. The van der Waals surface area contributed by atoms with E-state index in [-0.39, 0.29) is 24.8 Å². The van der Waals surface area contributed by atoms with Crippen LogP contribution in [0.2, 0.25) is 0 Å². The highest BCUT2D eigenvalue weighted by Crippen LogP contribution is 2.39. The molecule has 1 aliphatic heterocycles. The second kappa shape index (κ2) is 7.29. The van der Waals surface area contributed by atoms with Crippen LogP contribution < -0.4 is 0 Å². The molecular weight excluding hydrogens is 347 g/mol. The lowest BCUT2D eigenvalue weighted by Crippen LogP contribution is -2.42. The SMILES string of the molecule is CC(Cc1cccc(C(F)(F)F)c1)C(=O)N1CCC(C(=O)O)(C(C)C)C1. The van der Waals surface area contributed by atoms with E-state index in [4.69, 9.17) is 0 Å². The van der Waals surface area contributed by atoms with Crippen LogP contribution in [0.25, 0.3) is 0 Å². The number of carbonyl (C=O) groups excluding carboxylic acids is 1. The molecule has 1 aromatic rings. The lowest BCUT2D eigenvalue weighted by atomic mass is 9.76. The minimum atomic E-state index is -4.42. The number of rotatable bonds is 5. The number of carboxylic acid groups (broad SMARTS) is 1. The first-order chi connectivity index (χ1) is 12.0. The van der Waals surface area contributed by atoms with Gasteiger partial charge in [-0.1, -0.05) is 39.0 Å². The average molecular weight is 371 g/mol. The third kappa shape index (κ3) is 4.02. The van der Waals surface area contributed by atoms with E-state index in [2.05, 4.69) is 0 Å². The second-order valence-electron chi connectivity index (χ2n) is 7.43. The Kier molecular flexibility index (Phi) is 5.68. The van der Waals surface area contributed by atoms with Crippen molar-refractivity contribution >= 4 is 11.9 Å². The Morgan fingerprint density at radius 1 is 1.27 bits per heavy atom. The number of benzene rings is 1. The molecule has 0 aromatic heterocycles. The zero-order valence-electron chi connectivity index (χ0n) is 15.1. The maximum absolute atomic E-state index is 12.8. The molecule has 144 valence electrons. The maximum Gasteiger partial charge on any atom is 0.416 e. The molecule has 0 spiro atoms. The van der Waals surface area contributed by atoms with Crippen LogP contribution >= 0.6 is 0 Å². The fraction of sp³-hybridized carbons (Fsp3) is 0.579. The third-order valence-electron chi connectivity index (χ3n) is 5.36. The van der Waals surface area contributed by atoms with Gasteiger partial charge in [0, 0.05) is 19.0 Å². The minimum Gasteiger partial charge on any atom is -0.481 e. The topological polar surface area (TPSA) is 57.6 Å². The Bertz CT molecular complexity index is 687. The van der Waals surface area contributed by atoms with Crippen LogP contribution in [0.5, 0.6) is 0 Å². The van der Waals surface area contributed by atoms with Gasteiger partial charge in [-0.2, -0.15) is 13.2 Å². The molecule has 1 N–H and O–H groups in total. The fourth-order valence-electron chi connectivity index (χ4n) is 3.54. The van der Waals surface area contributed by atoms with Crippen molar-refractivity contribution in [2.75, 3.05) is 13.1 Å². The van der Waals surface area contributed by atoms with Crippen molar-refractivity contribution in [2.45, 2.75) is 39.8 Å². The van der Waals surface area contributed by atoms with E-state index in [1.54, 1.807) is 13.0 Å². The molecule has 0 bridgehead atoms. The molecule has 1 heterocycles. The number of halogens is 3. The summed E-state index contributed by atoms with van der Waals surface area (Å²) in [5.74, 6) is -1.76. The van der Waals surface area contributed by atoms with Gasteiger partial charge < -0.3 is 10.0 Å². The number of hydrogen-bond acceptors (Lipinski definition) is 2. The van der Waals surface area contributed by atoms with Crippen molar-refractivity contribution in [2.24, 2.45) is 17.3 Å². The monoisotopic (exact) mass is 371 g/mol. The highest BCUT2D eigenvalue weighted by molar-refractivity contribution is 5.82. The van der Waals surface area contributed by atoms with Crippen LogP contribution in [-0.4, -0.2) is 35.0 Å². The zero-order chi connectivity index (χ0) is 19.7. The van der Waals surface area contributed by atoms with Crippen LogP contribution in [0.4, 0.5) is 13.2 Å². The van der Waals surface area contributed by atoms with Gasteiger partial charge in [-0.25, -0.2) is 0 Å². The Balaban J connectivity index is 2.08. The van der Waals surface area contributed by atoms with Gasteiger partial charge in [0.1, 0.15) is 0 Å². The summed E-state index contributed by atoms with van der Waals surface area (Å²) in [5.41, 5.74) is -1.25. The highest BCUT2D eigenvalue weighted by atomic mass is 19.4. The first-order valence-electron chi connectivity index (χ1n) is 8.65. The van der Waals surface area contributed by atoms with Crippen molar-refractivity contribution in [3.05, 3.63) is 35.4 Å². The van der Waals surface area contributed by atoms with Gasteiger partial charge in [0.15, 0.2) is 0 Å². The van der Waals surface area contributed by atoms with Crippen molar-refractivity contribution in [1.82, 2.24) is 4.90 Å². The van der Waals surface area contributed by atoms with E-state index in [1.165, 1.54) is 11.0 Å². The second-order valence-corrected chi connectivity index (χ2v) is 7.43. The maximum atomic E-state index is 12.8. The molecule has 2 rings (SSSR count). The van der Waals surface area contributed by atoms with E-state index in [1.807, 2.05) is 13.8 Å². The van der Waals surface area contributed by atoms with Crippen molar-refractivity contribution in [3.8, 4) is 0 Å². The van der Waals surface area contributed by atoms with E-state index in [9.17, 15) is 27.9 Å². The van der Waals surface area contributed by atoms with Gasteiger partial charge in [-0.15, -0.1) is 0 Å². The molecule has 0 radical (unpaired) electrons. The Morgan fingerprint density at radius 3 is 2.42 bits per heavy atom. The average Bonchev–Trinajstić information content (AvgIpc) is 3.00. The van der Waals surface area contributed by atoms with Crippen LogP contribution in [-0.2, 0) is 22.2 Å². The van der Waals surface area contributed by atoms with Gasteiger partial charge in [-0.05, 0) is 30.4 Å². The number of amides is 1. The number of aliphatic carboxylic acids is 1. The molecule has 1 aliphatic rings. The molecular formula is C19H24F3NO3. The van der Waals surface area contributed by atoms with Crippen LogP contribution in [0, 0.1) is 17.3 Å². The van der Waals surface area contributed by atoms with Crippen LogP contribution in [0.15, 0.2) is 24.3 Å². The van der Waals surface area contributed by atoms with Gasteiger partial charge >= 0.3 is 12.1 Å². The summed E-state index contributed by atoms with van der Waals surface area (Å²) < 4.78 is 38.4. The van der Waals surface area contributed by atoms with Crippen molar-refractivity contribution in [3.63, 3.8) is 0 Å². The Hall–Kier alpha value is -2.05. The lowest BCUT2D eigenvalue weighted by molar-refractivity contribution is -0.151. The first-order valence-corrected chi connectivity index (χ1v) is 8.65. The van der Waals surface area contributed by atoms with Gasteiger partial charge in [0.05, 0.1) is 11.0 Å². The quantitative estimate of drug-likeness (QED) is 0.856. The van der Waals surface area contributed by atoms with Gasteiger partial charge in [-0.3, -0.25) is 9.59 Å². The molecule has 7 heteroatoms. The molecule has 4 nitrogen and oxygen atoms in total. The van der Waals surface area contributed by atoms with Crippen molar-refractivity contribution in [1.29, 1.82) is 0 Å². The number of likely N-dealkylation sites (tertiary alicyclic amines) is 1. The Morgan fingerprint density at radius 2 is 1.92 bits per heavy atom. The third-order valence-corrected chi connectivity index (χ3v) is 5.36. The zero-order valence-corrected chi connectivity index (χ0v) is 15.1. The number of alkyl halides is 3. The van der Waals surface area contributed by atoms with Gasteiger partial charge in [0.25, 0.3) is 0 Å². The van der Waals surface area contributed by atoms with Crippen LogP contribution in [0.3, 0.4) is 0 Å². The van der Waals surface area contributed by atoms with Gasteiger partial charge in [0.2, 0.25) is 5.91 Å². The summed E-state index contributed by atoms with van der Waals surface area (Å²) in [6.45, 7) is 5.82. The number of carbonyl (C=O) groups is 2. The van der Waals surface area contributed by atoms with Crippen LogP contribution in [0.1, 0.15) is 38.3 Å². The molecule has 1 aromatic carbocycles. The number of nitrogens with zero attached hydrogens (tertiary/aromatic N) is 1. The fourth-order valence-corrected chi connectivity index (χ4v) is 3.54. The number of carboxylic acids is 1.